The van der Waals surface area contributed by atoms with Gasteiger partial charge >= 0.3 is 0 Å². The third-order valence-electron chi connectivity index (χ3n) is 3.89. The Balaban J connectivity index is 2.00. The highest BCUT2D eigenvalue weighted by Gasteiger charge is 2.32. The zero-order valence-electron chi connectivity index (χ0n) is 11.9. The molecule has 2 aromatic rings. The van der Waals surface area contributed by atoms with Crippen LogP contribution in [0.2, 0.25) is 0 Å². The predicted octanol–water partition coefficient (Wildman–Crippen LogP) is 2.57. The quantitative estimate of drug-likeness (QED) is 0.922. The van der Waals surface area contributed by atoms with Crippen LogP contribution in [0, 0.1) is 5.82 Å². The molecule has 108 valence electrons. The molecule has 1 aliphatic heterocycles. The van der Waals surface area contributed by atoms with Crippen molar-refractivity contribution in [2.24, 2.45) is 5.73 Å². The molecule has 0 bridgehead atoms. The summed E-state index contributed by atoms with van der Waals surface area (Å²) in [5, 5.41) is 0. The van der Waals surface area contributed by atoms with Crippen LogP contribution in [0.3, 0.4) is 0 Å². The molecular formula is C16H16FN3O. The molecule has 1 heterocycles. The van der Waals surface area contributed by atoms with Crippen LogP contribution < -0.4 is 15.5 Å². The van der Waals surface area contributed by atoms with Gasteiger partial charge < -0.3 is 15.5 Å². The minimum atomic E-state index is -0.599. The van der Waals surface area contributed by atoms with Gasteiger partial charge in [0, 0.05) is 31.0 Å². The SMILES string of the molecule is CN1C(=O)C(N)c2ccc(N(C)c3cccc(F)c3)cc21. The first-order chi connectivity index (χ1) is 9.99. The van der Waals surface area contributed by atoms with Gasteiger partial charge in [0.2, 0.25) is 5.91 Å². The van der Waals surface area contributed by atoms with E-state index in [1.807, 2.05) is 36.2 Å². The molecular weight excluding hydrogens is 269 g/mol. The zero-order chi connectivity index (χ0) is 15.1. The number of benzene rings is 2. The minimum Gasteiger partial charge on any atom is -0.344 e. The normalized spacial score (nSPS) is 17.0. The van der Waals surface area contributed by atoms with Gasteiger partial charge in [0.1, 0.15) is 11.9 Å². The summed E-state index contributed by atoms with van der Waals surface area (Å²) in [5.41, 5.74) is 9.11. The number of likely N-dealkylation sites (N-methyl/N-ethyl adjacent to an activating group) is 1. The Morgan fingerprint density at radius 1 is 1.19 bits per heavy atom. The number of anilines is 3. The fraction of sp³-hybridized carbons (Fsp3) is 0.188. The molecule has 0 radical (unpaired) electrons. The molecule has 1 unspecified atom stereocenters. The summed E-state index contributed by atoms with van der Waals surface area (Å²) in [4.78, 5) is 15.3. The summed E-state index contributed by atoms with van der Waals surface area (Å²) in [7, 11) is 3.56. The van der Waals surface area contributed by atoms with Crippen LogP contribution in [0.15, 0.2) is 42.5 Å². The van der Waals surface area contributed by atoms with Gasteiger partial charge in [-0.05, 0) is 30.3 Å². The number of hydrogen-bond donors (Lipinski definition) is 1. The Labute approximate surface area is 122 Å². The van der Waals surface area contributed by atoms with Crippen molar-refractivity contribution in [2.45, 2.75) is 6.04 Å². The molecule has 0 saturated heterocycles. The summed E-state index contributed by atoms with van der Waals surface area (Å²) in [5.74, 6) is -0.398. The van der Waals surface area contributed by atoms with Crippen LogP contribution in [0.1, 0.15) is 11.6 Å². The van der Waals surface area contributed by atoms with Crippen LogP contribution in [0.4, 0.5) is 21.5 Å². The van der Waals surface area contributed by atoms with E-state index >= 15 is 0 Å². The van der Waals surface area contributed by atoms with Gasteiger partial charge in [-0.15, -0.1) is 0 Å². The van der Waals surface area contributed by atoms with Gasteiger partial charge in [0.05, 0.1) is 5.69 Å². The van der Waals surface area contributed by atoms with E-state index < -0.39 is 6.04 Å². The Morgan fingerprint density at radius 3 is 2.62 bits per heavy atom. The highest BCUT2D eigenvalue weighted by molar-refractivity contribution is 6.04. The third kappa shape index (κ3) is 2.15. The second-order valence-corrected chi connectivity index (χ2v) is 5.16. The molecule has 0 saturated carbocycles. The summed E-state index contributed by atoms with van der Waals surface area (Å²) in [6.07, 6.45) is 0. The van der Waals surface area contributed by atoms with Crippen molar-refractivity contribution in [1.29, 1.82) is 0 Å². The van der Waals surface area contributed by atoms with Crippen LogP contribution in [0.25, 0.3) is 0 Å². The molecule has 2 aromatic carbocycles. The Bertz CT molecular complexity index is 716. The van der Waals surface area contributed by atoms with Crippen molar-refractivity contribution in [3.8, 4) is 0 Å². The maximum Gasteiger partial charge on any atom is 0.248 e. The number of halogens is 1. The number of nitrogens with zero attached hydrogens (tertiary/aromatic N) is 2. The molecule has 0 spiro atoms. The fourth-order valence-corrected chi connectivity index (χ4v) is 2.59. The lowest BCUT2D eigenvalue weighted by Crippen LogP contribution is -2.27. The number of carbonyl (C=O) groups excluding carboxylic acids is 1. The largest absolute Gasteiger partial charge is 0.344 e. The lowest BCUT2D eigenvalue weighted by molar-refractivity contribution is -0.118. The molecule has 0 aliphatic carbocycles. The fourth-order valence-electron chi connectivity index (χ4n) is 2.59. The molecule has 1 aliphatic rings. The molecule has 1 atom stereocenters. The molecule has 3 rings (SSSR count). The lowest BCUT2D eigenvalue weighted by Gasteiger charge is -2.21. The standard InChI is InChI=1S/C16H16FN3O/c1-19(11-5-3-4-10(17)8-11)12-6-7-13-14(9-12)20(2)16(21)15(13)18/h3-9,15H,18H2,1-2H3. The van der Waals surface area contributed by atoms with Crippen LogP contribution >= 0.6 is 0 Å². The molecule has 4 nitrogen and oxygen atoms in total. The smallest absolute Gasteiger partial charge is 0.248 e. The maximum absolute atomic E-state index is 13.3. The first-order valence-electron chi connectivity index (χ1n) is 6.65. The second-order valence-electron chi connectivity index (χ2n) is 5.16. The first-order valence-corrected chi connectivity index (χ1v) is 6.65. The summed E-state index contributed by atoms with van der Waals surface area (Å²) in [6, 6.07) is 11.4. The van der Waals surface area contributed by atoms with Crippen molar-refractivity contribution >= 4 is 23.0 Å². The van der Waals surface area contributed by atoms with Crippen LogP contribution in [0.5, 0.6) is 0 Å². The van der Waals surface area contributed by atoms with E-state index in [1.165, 1.54) is 12.1 Å². The minimum absolute atomic E-state index is 0.115. The number of amides is 1. The predicted molar refractivity (Wildman–Crippen MR) is 81.2 cm³/mol. The van der Waals surface area contributed by atoms with Gasteiger partial charge in [0.25, 0.3) is 0 Å². The molecule has 0 fully saturated rings. The van der Waals surface area contributed by atoms with Crippen LogP contribution in [-0.4, -0.2) is 20.0 Å². The maximum atomic E-state index is 13.3. The van der Waals surface area contributed by atoms with E-state index in [1.54, 1.807) is 18.0 Å². The average Bonchev–Trinajstić information content (AvgIpc) is 2.71. The zero-order valence-corrected chi connectivity index (χ0v) is 11.9. The lowest BCUT2D eigenvalue weighted by atomic mass is 10.1. The Kier molecular flexibility index (Phi) is 3.14. The molecule has 2 N–H and O–H groups in total. The highest BCUT2D eigenvalue weighted by atomic mass is 19.1. The molecule has 21 heavy (non-hydrogen) atoms. The summed E-state index contributed by atoms with van der Waals surface area (Å²) < 4.78 is 13.3. The van der Waals surface area contributed by atoms with E-state index in [4.69, 9.17) is 5.73 Å². The van der Waals surface area contributed by atoms with Gasteiger partial charge in [-0.25, -0.2) is 4.39 Å². The van der Waals surface area contributed by atoms with E-state index in [-0.39, 0.29) is 11.7 Å². The van der Waals surface area contributed by atoms with Crippen molar-refractivity contribution in [3.05, 3.63) is 53.8 Å². The monoisotopic (exact) mass is 285 g/mol. The highest BCUT2D eigenvalue weighted by Crippen LogP contribution is 2.37. The number of hydrogen-bond acceptors (Lipinski definition) is 3. The number of fused-ring (bicyclic) bond motifs is 1. The molecule has 5 heteroatoms. The van der Waals surface area contributed by atoms with Gasteiger partial charge in [-0.3, -0.25) is 4.79 Å². The van der Waals surface area contributed by atoms with Crippen molar-refractivity contribution in [2.75, 3.05) is 23.9 Å². The van der Waals surface area contributed by atoms with Crippen molar-refractivity contribution in [3.63, 3.8) is 0 Å². The Morgan fingerprint density at radius 2 is 1.90 bits per heavy atom. The molecule has 0 aromatic heterocycles. The number of rotatable bonds is 2. The average molecular weight is 285 g/mol. The van der Waals surface area contributed by atoms with Gasteiger partial charge in [-0.1, -0.05) is 12.1 Å². The van der Waals surface area contributed by atoms with Crippen LogP contribution in [-0.2, 0) is 4.79 Å². The summed E-state index contributed by atoms with van der Waals surface area (Å²) in [6.45, 7) is 0. The molecule has 1 amide bonds. The first kappa shape index (κ1) is 13.6. The van der Waals surface area contributed by atoms with E-state index in [0.29, 0.717) is 0 Å². The van der Waals surface area contributed by atoms with Gasteiger partial charge in [-0.2, -0.15) is 0 Å². The second kappa shape index (κ2) is 4.86. The van der Waals surface area contributed by atoms with Crippen molar-refractivity contribution in [1.82, 2.24) is 0 Å². The van der Waals surface area contributed by atoms with Gasteiger partial charge in [0.15, 0.2) is 0 Å². The topological polar surface area (TPSA) is 49.6 Å². The number of carbonyl (C=O) groups is 1. The number of nitrogens with two attached hydrogens (primary N) is 1. The Hall–Kier alpha value is -2.40. The van der Waals surface area contributed by atoms with E-state index in [9.17, 15) is 9.18 Å². The van der Waals surface area contributed by atoms with E-state index in [0.717, 1.165) is 22.6 Å². The van der Waals surface area contributed by atoms with Crippen molar-refractivity contribution < 1.29 is 9.18 Å². The van der Waals surface area contributed by atoms with E-state index in [2.05, 4.69) is 0 Å². The third-order valence-corrected chi connectivity index (χ3v) is 3.89. The summed E-state index contributed by atoms with van der Waals surface area (Å²) >= 11 is 0.